The van der Waals surface area contributed by atoms with Crippen LogP contribution in [-0.4, -0.2) is 29.1 Å². The fraction of sp³-hybridized carbons (Fsp3) is 0.292. The summed E-state index contributed by atoms with van der Waals surface area (Å²) in [6.07, 6.45) is 7.49. The Kier molecular flexibility index (Phi) is 8.27. The molecule has 2 aromatic rings. The van der Waals surface area contributed by atoms with Crippen molar-refractivity contribution in [2.75, 3.05) is 6.61 Å². The van der Waals surface area contributed by atoms with Crippen molar-refractivity contribution in [3.05, 3.63) is 77.9 Å². The fourth-order valence-corrected chi connectivity index (χ4v) is 4.00. The van der Waals surface area contributed by atoms with Crippen LogP contribution in [0.1, 0.15) is 36.5 Å². The molecule has 1 N–H and O–H groups in total. The summed E-state index contributed by atoms with van der Waals surface area (Å²) in [4.78, 5) is 12.3. The first kappa shape index (κ1) is 21.8. The van der Waals surface area contributed by atoms with Gasteiger partial charge < -0.3 is 10.1 Å². The van der Waals surface area contributed by atoms with Gasteiger partial charge in [0.15, 0.2) is 5.17 Å². The zero-order chi connectivity index (χ0) is 21.2. The molecule has 1 aliphatic rings. The van der Waals surface area contributed by atoms with Gasteiger partial charge in [0.05, 0.1) is 11.5 Å². The Balaban J connectivity index is 1.58. The average Bonchev–Trinajstić information content (AvgIpc) is 3.11. The quantitative estimate of drug-likeness (QED) is 0.342. The minimum atomic E-state index is -0.191. The molecule has 0 bridgehead atoms. The van der Waals surface area contributed by atoms with Gasteiger partial charge in [-0.3, -0.25) is 4.79 Å². The summed E-state index contributed by atoms with van der Waals surface area (Å²) in [5.74, 6) is 0.684. The minimum Gasteiger partial charge on any atom is -0.489 e. The van der Waals surface area contributed by atoms with Crippen molar-refractivity contribution >= 4 is 29.1 Å². The number of hydrogen-bond donors (Lipinski definition) is 1. The predicted molar refractivity (Wildman–Crippen MR) is 125 cm³/mol. The lowest BCUT2D eigenvalue weighted by molar-refractivity contribution is -0.118. The highest BCUT2D eigenvalue weighted by molar-refractivity contribution is 8.15. The lowest BCUT2D eigenvalue weighted by atomic mass is 10.0. The summed E-state index contributed by atoms with van der Waals surface area (Å²) in [7, 11) is 0. The average molecular weight is 422 g/mol. The SMILES string of the molecule is C=CCOc1ccccc1C=N/N=C1/NC(=O)C(Cc2ccc(CCCC)cc2)S1. The van der Waals surface area contributed by atoms with E-state index in [4.69, 9.17) is 4.74 Å². The number of amidine groups is 1. The summed E-state index contributed by atoms with van der Waals surface area (Å²) < 4.78 is 5.61. The van der Waals surface area contributed by atoms with Crippen molar-refractivity contribution in [2.45, 2.75) is 37.9 Å². The smallest absolute Gasteiger partial charge is 0.239 e. The molecule has 0 radical (unpaired) electrons. The summed E-state index contributed by atoms with van der Waals surface area (Å²) in [5, 5.41) is 11.4. The molecule has 0 aromatic heterocycles. The van der Waals surface area contributed by atoms with Crippen LogP contribution in [0.15, 0.2) is 71.4 Å². The number of ether oxygens (including phenoxy) is 1. The minimum absolute atomic E-state index is 0.0290. The second kappa shape index (κ2) is 11.4. The number of hydrogen-bond acceptors (Lipinski definition) is 5. The molecule has 0 aliphatic carbocycles. The number of carbonyl (C=O) groups excluding carboxylic acids is 1. The van der Waals surface area contributed by atoms with E-state index in [1.54, 1.807) is 12.3 Å². The molecule has 1 aliphatic heterocycles. The zero-order valence-corrected chi connectivity index (χ0v) is 18.0. The molecule has 156 valence electrons. The van der Waals surface area contributed by atoms with Crippen LogP contribution < -0.4 is 10.1 Å². The number of unbranched alkanes of at least 4 members (excludes halogenated alkanes) is 1. The van der Waals surface area contributed by atoms with Crippen molar-refractivity contribution in [1.82, 2.24) is 5.32 Å². The molecule has 0 saturated carbocycles. The molecule has 30 heavy (non-hydrogen) atoms. The number of carbonyl (C=O) groups is 1. The number of aryl methyl sites for hydroxylation is 1. The lowest BCUT2D eigenvalue weighted by Gasteiger charge is -2.06. The van der Waals surface area contributed by atoms with Gasteiger partial charge in [0.1, 0.15) is 12.4 Å². The van der Waals surface area contributed by atoms with Crippen molar-refractivity contribution in [3.8, 4) is 5.75 Å². The summed E-state index contributed by atoms with van der Waals surface area (Å²) >= 11 is 1.42. The molecule has 0 spiro atoms. The van der Waals surface area contributed by atoms with Gasteiger partial charge in [-0.2, -0.15) is 5.10 Å². The van der Waals surface area contributed by atoms with Gasteiger partial charge in [0.2, 0.25) is 5.91 Å². The number of benzene rings is 2. The Bertz CT molecular complexity index is 922. The third-order valence-electron chi connectivity index (χ3n) is 4.66. The molecule has 2 aromatic carbocycles. The Morgan fingerprint density at radius 2 is 1.93 bits per heavy atom. The first-order valence-corrected chi connectivity index (χ1v) is 11.1. The maximum absolute atomic E-state index is 12.3. The maximum atomic E-state index is 12.3. The maximum Gasteiger partial charge on any atom is 0.239 e. The number of nitrogens with one attached hydrogen (secondary N) is 1. The standard InChI is InChI=1S/C24H27N3O2S/c1-3-5-8-18-11-13-19(14-12-18)16-22-23(28)26-24(30-22)27-25-17-20-9-6-7-10-21(20)29-15-4-2/h4,6-7,9-14,17,22H,2-3,5,8,15-16H2,1H3,(H,26,27,28). The summed E-state index contributed by atoms with van der Waals surface area (Å²) in [6.45, 7) is 6.28. The third kappa shape index (κ3) is 6.32. The highest BCUT2D eigenvalue weighted by atomic mass is 32.2. The molecule has 1 heterocycles. The van der Waals surface area contributed by atoms with Crippen molar-refractivity contribution < 1.29 is 9.53 Å². The van der Waals surface area contributed by atoms with Gasteiger partial charge in [-0.25, -0.2) is 0 Å². The second-order valence-electron chi connectivity index (χ2n) is 7.01. The molecule has 3 rings (SSSR count). The topological polar surface area (TPSA) is 63.1 Å². The van der Waals surface area contributed by atoms with Gasteiger partial charge >= 0.3 is 0 Å². The predicted octanol–water partition coefficient (Wildman–Crippen LogP) is 4.76. The fourth-order valence-electron chi connectivity index (χ4n) is 3.03. The van der Waals surface area contributed by atoms with E-state index in [-0.39, 0.29) is 11.2 Å². The molecule has 5 nitrogen and oxygen atoms in total. The van der Waals surface area contributed by atoms with Crippen LogP contribution in [0.3, 0.4) is 0 Å². The largest absolute Gasteiger partial charge is 0.489 e. The number of para-hydroxylation sites is 1. The monoisotopic (exact) mass is 421 g/mol. The third-order valence-corrected chi connectivity index (χ3v) is 5.73. The Morgan fingerprint density at radius 1 is 1.17 bits per heavy atom. The van der Waals surface area contributed by atoms with Crippen LogP contribution in [-0.2, 0) is 17.6 Å². The van der Waals surface area contributed by atoms with E-state index >= 15 is 0 Å². The molecule has 1 atom stereocenters. The van der Waals surface area contributed by atoms with E-state index < -0.39 is 0 Å². The molecule has 1 fully saturated rings. The first-order valence-electron chi connectivity index (χ1n) is 10.2. The van der Waals surface area contributed by atoms with Crippen LogP contribution in [0, 0.1) is 0 Å². The molecular formula is C24H27N3O2S. The number of rotatable bonds is 10. The zero-order valence-electron chi connectivity index (χ0n) is 17.2. The van der Waals surface area contributed by atoms with Crippen molar-refractivity contribution in [1.29, 1.82) is 0 Å². The van der Waals surface area contributed by atoms with Crippen LogP contribution in [0.4, 0.5) is 0 Å². The van der Waals surface area contributed by atoms with Gasteiger partial charge in [-0.1, -0.05) is 74.2 Å². The van der Waals surface area contributed by atoms with Crippen LogP contribution in [0.25, 0.3) is 0 Å². The highest BCUT2D eigenvalue weighted by Crippen LogP contribution is 2.24. The van der Waals surface area contributed by atoms with Gasteiger partial charge in [-0.05, 0) is 42.5 Å². The molecular weight excluding hydrogens is 394 g/mol. The van der Waals surface area contributed by atoms with Crippen LogP contribution >= 0.6 is 11.8 Å². The van der Waals surface area contributed by atoms with E-state index in [1.807, 2.05) is 24.3 Å². The molecule has 6 heteroatoms. The molecule has 1 unspecified atom stereocenters. The number of thioether (sulfide) groups is 1. The second-order valence-corrected chi connectivity index (χ2v) is 8.20. The summed E-state index contributed by atoms with van der Waals surface area (Å²) in [6, 6.07) is 16.1. The Hall–Kier alpha value is -2.86. The van der Waals surface area contributed by atoms with E-state index in [0.29, 0.717) is 23.9 Å². The normalized spacial score (nSPS) is 17.4. The number of amides is 1. The van der Waals surface area contributed by atoms with Crippen LogP contribution in [0.5, 0.6) is 5.75 Å². The summed E-state index contributed by atoms with van der Waals surface area (Å²) in [5.41, 5.74) is 3.32. The van der Waals surface area contributed by atoms with Gasteiger partial charge in [0.25, 0.3) is 0 Å². The highest BCUT2D eigenvalue weighted by Gasteiger charge is 2.30. The lowest BCUT2D eigenvalue weighted by Crippen LogP contribution is -2.25. The Morgan fingerprint density at radius 3 is 2.70 bits per heavy atom. The Labute approximate surface area is 182 Å². The van der Waals surface area contributed by atoms with Crippen molar-refractivity contribution in [3.63, 3.8) is 0 Å². The van der Waals surface area contributed by atoms with E-state index in [9.17, 15) is 4.79 Å². The molecule has 1 saturated heterocycles. The number of nitrogens with zero attached hydrogens (tertiary/aromatic N) is 2. The van der Waals surface area contributed by atoms with E-state index in [1.165, 1.54) is 30.2 Å². The van der Waals surface area contributed by atoms with E-state index in [2.05, 4.69) is 53.3 Å². The molecule has 1 amide bonds. The van der Waals surface area contributed by atoms with Crippen LogP contribution in [0.2, 0.25) is 0 Å². The van der Waals surface area contributed by atoms with Crippen molar-refractivity contribution in [2.24, 2.45) is 10.2 Å². The van der Waals surface area contributed by atoms with Gasteiger partial charge in [0, 0.05) is 5.56 Å². The van der Waals surface area contributed by atoms with Gasteiger partial charge in [-0.15, -0.1) is 5.10 Å². The van der Waals surface area contributed by atoms with E-state index in [0.717, 1.165) is 17.5 Å². The first-order chi connectivity index (χ1) is 14.7.